The first-order chi connectivity index (χ1) is 14.9. The summed E-state index contributed by atoms with van der Waals surface area (Å²) in [5.74, 6) is -0.940. The molecule has 0 radical (unpaired) electrons. The Bertz CT molecular complexity index is 1280. The zero-order chi connectivity index (χ0) is 22.0. The van der Waals surface area contributed by atoms with Crippen LogP contribution < -0.4 is 10.1 Å². The molecule has 31 heavy (non-hydrogen) atoms. The summed E-state index contributed by atoms with van der Waals surface area (Å²) in [6.07, 6.45) is 6.68. The molecule has 0 aliphatic heterocycles. The average molecular weight is 443 g/mol. The summed E-state index contributed by atoms with van der Waals surface area (Å²) in [4.78, 5) is 15.7. The Kier molecular flexibility index (Phi) is 5.90. The van der Waals surface area contributed by atoms with E-state index < -0.39 is 22.6 Å². The Morgan fingerprint density at radius 3 is 2.71 bits per heavy atom. The molecule has 160 valence electrons. The number of anilines is 1. The number of hydrogen-bond acceptors (Lipinski definition) is 6. The lowest BCUT2D eigenvalue weighted by Crippen LogP contribution is -2.05. The minimum atomic E-state index is -1.16. The van der Waals surface area contributed by atoms with E-state index in [2.05, 4.69) is 25.3 Å². The Morgan fingerprint density at radius 1 is 1.16 bits per heavy atom. The molecule has 0 aromatic carbocycles. The number of ether oxygens (including phenoxy) is 1. The number of nitrogens with one attached hydrogen (secondary N) is 2. The van der Waals surface area contributed by atoms with Gasteiger partial charge in [-0.25, -0.2) is 19.3 Å². The molecule has 0 saturated carbocycles. The van der Waals surface area contributed by atoms with Crippen LogP contribution in [0.2, 0.25) is 0 Å². The van der Waals surface area contributed by atoms with Crippen LogP contribution in [0.15, 0.2) is 47.8 Å². The zero-order valence-electron chi connectivity index (χ0n) is 16.8. The molecule has 0 aliphatic carbocycles. The maximum Gasteiger partial charge on any atom is 0.250 e. The van der Waals surface area contributed by atoms with E-state index in [1.54, 1.807) is 36.8 Å². The van der Waals surface area contributed by atoms with Gasteiger partial charge in [0.05, 0.1) is 22.8 Å². The third-order valence-corrected chi connectivity index (χ3v) is 5.65. The van der Waals surface area contributed by atoms with E-state index in [1.165, 1.54) is 19.4 Å². The van der Waals surface area contributed by atoms with Gasteiger partial charge in [0.2, 0.25) is 11.8 Å². The van der Waals surface area contributed by atoms with E-state index in [9.17, 15) is 13.0 Å². The highest BCUT2D eigenvalue weighted by molar-refractivity contribution is 7.84. The molecule has 4 aromatic heterocycles. The molecule has 0 bridgehead atoms. The van der Waals surface area contributed by atoms with E-state index >= 15 is 0 Å². The van der Waals surface area contributed by atoms with Gasteiger partial charge >= 0.3 is 0 Å². The minimum absolute atomic E-state index is 0.0814. The summed E-state index contributed by atoms with van der Waals surface area (Å²) in [5.41, 5.74) is 2.46. The average Bonchev–Trinajstić information content (AvgIpc) is 3.16. The first kappa shape index (κ1) is 20.9. The van der Waals surface area contributed by atoms with Gasteiger partial charge in [0.25, 0.3) is 0 Å². The lowest BCUT2D eigenvalue weighted by molar-refractivity contribution is 0.368. The van der Waals surface area contributed by atoms with Crippen molar-refractivity contribution >= 4 is 27.7 Å². The van der Waals surface area contributed by atoms with Gasteiger partial charge in [0, 0.05) is 48.8 Å². The van der Waals surface area contributed by atoms with Crippen LogP contribution in [0.5, 0.6) is 5.88 Å². The van der Waals surface area contributed by atoms with E-state index in [0.717, 1.165) is 10.9 Å². The fourth-order valence-electron chi connectivity index (χ4n) is 3.15. The second-order valence-corrected chi connectivity index (χ2v) is 8.23. The van der Waals surface area contributed by atoms with Gasteiger partial charge in [-0.05, 0) is 29.3 Å². The number of methoxy groups -OCH3 is 1. The number of pyridine rings is 3. The predicted octanol–water partition coefficient (Wildman–Crippen LogP) is 3.58. The molecule has 0 saturated heterocycles. The lowest BCUT2D eigenvalue weighted by atomic mass is 10.1. The van der Waals surface area contributed by atoms with Gasteiger partial charge in [-0.1, -0.05) is 6.07 Å². The first-order valence-corrected chi connectivity index (χ1v) is 10.9. The van der Waals surface area contributed by atoms with Crippen LogP contribution >= 0.6 is 0 Å². The molecule has 4 heterocycles. The fourth-order valence-corrected chi connectivity index (χ4v) is 3.63. The smallest absolute Gasteiger partial charge is 0.250 e. The van der Waals surface area contributed by atoms with Crippen molar-refractivity contribution < 1.29 is 17.7 Å². The number of H-pyrrole nitrogens is 1. The highest BCUT2D eigenvalue weighted by Crippen LogP contribution is 2.23. The summed E-state index contributed by atoms with van der Waals surface area (Å²) < 4.78 is 44.9. The Morgan fingerprint density at radius 2 is 2.00 bits per heavy atom. The van der Waals surface area contributed by atoms with Crippen molar-refractivity contribution in [3.05, 3.63) is 71.3 Å². The second-order valence-electron chi connectivity index (χ2n) is 6.85. The number of rotatable bonds is 7. The van der Waals surface area contributed by atoms with Crippen molar-refractivity contribution in [2.45, 2.75) is 17.9 Å². The minimum Gasteiger partial charge on any atom is -0.479 e. The van der Waals surface area contributed by atoms with Gasteiger partial charge in [-0.15, -0.1) is 0 Å². The molecule has 10 heteroatoms. The van der Waals surface area contributed by atoms with Crippen molar-refractivity contribution in [3.63, 3.8) is 0 Å². The Balaban J connectivity index is 1.49. The van der Waals surface area contributed by atoms with E-state index in [-0.39, 0.29) is 12.4 Å². The lowest BCUT2D eigenvalue weighted by Gasteiger charge is -2.09. The molecule has 0 fully saturated rings. The number of nitrogens with zero attached hydrogens (tertiary/aromatic N) is 3. The summed E-state index contributed by atoms with van der Waals surface area (Å²) in [5, 5.41) is 3.75. The number of hydrogen-bond donors (Lipinski definition) is 2. The Labute approximate surface area is 179 Å². The summed E-state index contributed by atoms with van der Waals surface area (Å²) in [6, 6.07) is 6.40. The van der Waals surface area contributed by atoms with Gasteiger partial charge in [-0.3, -0.25) is 4.21 Å². The van der Waals surface area contributed by atoms with Crippen molar-refractivity contribution in [2.24, 2.45) is 0 Å². The summed E-state index contributed by atoms with van der Waals surface area (Å²) in [6.45, 7) is 0.227. The number of aromatic amines is 1. The van der Waals surface area contributed by atoms with Crippen molar-refractivity contribution in [2.75, 3.05) is 18.7 Å². The zero-order valence-corrected chi connectivity index (χ0v) is 17.6. The maximum absolute atomic E-state index is 14.6. The monoisotopic (exact) mass is 443 g/mol. The normalized spacial score (nSPS) is 12.1. The molecule has 2 N–H and O–H groups in total. The molecule has 0 spiro atoms. The van der Waals surface area contributed by atoms with Crippen molar-refractivity contribution in [1.82, 2.24) is 19.9 Å². The quantitative estimate of drug-likeness (QED) is 0.424. The van der Waals surface area contributed by atoms with Crippen LogP contribution in [0.25, 0.3) is 11.0 Å². The van der Waals surface area contributed by atoms with E-state index in [4.69, 9.17) is 4.74 Å². The van der Waals surface area contributed by atoms with Crippen molar-refractivity contribution in [3.8, 4) is 5.88 Å². The second kappa shape index (κ2) is 8.76. The standard InChI is InChI=1S/C21H19F2N5O2S/c1-30-21-17(22)5-12(9-27-21)8-24-18-4-3-13(19(23)28-18)6-14-10-25-20-16(14)7-15(11-26-20)31(2)29/h3-5,7,9-11H,6,8H2,1-2H3,(H,24,28)(H,25,26). The Hall–Kier alpha value is -3.40. The molecule has 4 rings (SSSR count). The molecule has 1 atom stereocenters. The highest BCUT2D eigenvalue weighted by Gasteiger charge is 2.12. The number of fused-ring (bicyclic) bond motifs is 1. The first-order valence-electron chi connectivity index (χ1n) is 9.31. The largest absolute Gasteiger partial charge is 0.479 e. The third-order valence-electron chi connectivity index (χ3n) is 4.76. The molecule has 0 aliphatic rings. The van der Waals surface area contributed by atoms with Gasteiger partial charge < -0.3 is 15.0 Å². The molecule has 0 amide bonds. The number of halogens is 2. The topological polar surface area (TPSA) is 92.8 Å². The van der Waals surface area contributed by atoms with Crippen LogP contribution in [0.1, 0.15) is 16.7 Å². The molecule has 7 nitrogen and oxygen atoms in total. The van der Waals surface area contributed by atoms with Crippen LogP contribution in [-0.4, -0.2) is 37.5 Å². The van der Waals surface area contributed by atoms with Crippen LogP contribution in [0.3, 0.4) is 0 Å². The van der Waals surface area contributed by atoms with E-state index in [0.29, 0.717) is 33.9 Å². The highest BCUT2D eigenvalue weighted by atomic mass is 32.2. The van der Waals surface area contributed by atoms with Gasteiger partial charge in [-0.2, -0.15) is 4.39 Å². The van der Waals surface area contributed by atoms with Gasteiger partial charge in [0.1, 0.15) is 11.5 Å². The molecule has 4 aromatic rings. The van der Waals surface area contributed by atoms with Crippen LogP contribution in [0, 0.1) is 11.8 Å². The fraction of sp³-hybridized carbons (Fsp3) is 0.190. The third kappa shape index (κ3) is 4.53. The predicted molar refractivity (Wildman–Crippen MR) is 114 cm³/mol. The summed E-state index contributed by atoms with van der Waals surface area (Å²) >= 11 is 0. The van der Waals surface area contributed by atoms with Gasteiger partial charge in [0.15, 0.2) is 5.82 Å². The SMILES string of the molecule is COc1ncc(CNc2ccc(Cc3c[nH]c4ncc(S(C)=O)cc34)c(F)n2)cc1F. The number of aromatic nitrogens is 4. The molecular weight excluding hydrogens is 424 g/mol. The molecule has 1 unspecified atom stereocenters. The maximum atomic E-state index is 14.6. The van der Waals surface area contributed by atoms with E-state index in [1.807, 2.05) is 0 Å². The van der Waals surface area contributed by atoms with Crippen LogP contribution in [-0.2, 0) is 23.8 Å². The summed E-state index contributed by atoms with van der Waals surface area (Å²) in [7, 11) is 0.182. The van der Waals surface area contributed by atoms with Crippen molar-refractivity contribution in [1.29, 1.82) is 0 Å². The molecular formula is C21H19F2N5O2S. The van der Waals surface area contributed by atoms with Crippen LogP contribution in [0.4, 0.5) is 14.6 Å².